The van der Waals surface area contributed by atoms with Gasteiger partial charge < -0.3 is 10.0 Å². The molecule has 3 aromatic heterocycles. The Morgan fingerprint density at radius 1 is 1.07 bits per heavy atom. The maximum atomic E-state index is 12.8. The highest BCUT2D eigenvalue weighted by Crippen LogP contribution is 2.39. The number of ketones is 1. The number of aromatic nitrogens is 2. The van der Waals surface area contributed by atoms with Crippen LogP contribution in [0, 0.1) is 0 Å². The summed E-state index contributed by atoms with van der Waals surface area (Å²) in [5.74, 6) is -1.58. The predicted molar refractivity (Wildman–Crippen MR) is 101 cm³/mol. The van der Waals surface area contributed by atoms with Crippen molar-refractivity contribution < 1.29 is 14.7 Å². The molecule has 4 heterocycles. The third-order valence-electron chi connectivity index (χ3n) is 4.37. The van der Waals surface area contributed by atoms with Gasteiger partial charge in [-0.25, -0.2) is 0 Å². The van der Waals surface area contributed by atoms with Crippen LogP contribution >= 0.6 is 11.3 Å². The van der Waals surface area contributed by atoms with E-state index in [1.165, 1.54) is 28.6 Å². The zero-order valence-electron chi connectivity index (χ0n) is 14.1. The topological polar surface area (TPSA) is 83.4 Å². The number of nitrogens with zero attached hydrogens (tertiary/aromatic N) is 3. The fourth-order valence-corrected chi connectivity index (χ4v) is 3.83. The third kappa shape index (κ3) is 3.13. The summed E-state index contributed by atoms with van der Waals surface area (Å²) >= 11 is 1.50. The van der Waals surface area contributed by atoms with Gasteiger partial charge >= 0.3 is 0 Å². The Morgan fingerprint density at radius 2 is 1.89 bits per heavy atom. The lowest BCUT2D eigenvalue weighted by Crippen LogP contribution is -2.29. The Labute approximate surface area is 159 Å². The van der Waals surface area contributed by atoms with E-state index in [0.717, 1.165) is 4.88 Å². The minimum absolute atomic E-state index is 0.0430. The van der Waals surface area contributed by atoms with Gasteiger partial charge in [0.2, 0.25) is 0 Å². The van der Waals surface area contributed by atoms with Crippen LogP contribution in [0.3, 0.4) is 0 Å². The Bertz CT molecular complexity index is 1000. The second-order valence-electron chi connectivity index (χ2n) is 6.00. The van der Waals surface area contributed by atoms with Gasteiger partial charge in [-0.1, -0.05) is 12.1 Å². The first-order chi connectivity index (χ1) is 13.2. The van der Waals surface area contributed by atoms with Gasteiger partial charge in [-0.3, -0.25) is 19.6 Å². The van der Waals surface area contributed by atoms with E-state index in [0.29, 0.717) is 11.3 Å². The van der Waals surface area contributed by atoms with Crippen molar-refractivity contribution in [3.8, 4) is 0 Å². The van der Waals surface area contributed by atoms with Gasteiger partial charge in [0.1, 0.15) is 11.8 Å². The smallest absolute Gasteiger partial charge is 0.296 e. The minimum Gasteiger partial charge on any atom is -0.507 e. The van der Waals surface area contributed by atoms with E-state index >= 15 is 0 Å². The monoisotopic (exact) mass is 377 g/mol. The van der Waals surface area contributed by atoms with E-state index in [-0.39, 0.29) is 17.9 Å². The van der Waals surface area contributed by atoms with Crippen LogP contribution in [0.4, 0.5) is 0 Å². The Kier molecular flexibility index (Phi) is 4.52. The second-order valence-corrected chi connectivity index (χ2v) is 7.03. The maximum Gasteiger partial charge on any atom is 0.296 e. The molecule has 1 amide bonds. The highest BCUT2D eigenvalue weighted by molar-refractivity contribution is 7.09. The summed E-state index contributed by atoms with van der Waals surface area (Å²) in [6.45, 7) is 0.274. The fourth-order valence-electron chi connectivity index (χ4n) is 3.12. The van der Waals surface area contributed by atoms with E-state index in [4.69, 9.17) is 0 Å². The van der Waals surface area contributed by atoms with Crippen LogP contribution in [0.25, 0.3) is 5.76 Å². The van der Waals surface area contributed by atoms with E-state index in [2.05, 4.69) is 9.97 Å². The van der Waals surface area contributed by atoms with Crippen molar-refractivity contribution >= 4 is 28.8 Å². The largest absolute Gasteiger partial charge is 0.507 e. The van der Waals surface area contributed by atoms with Gasteiger partial charge in [0.05, 0.1) is 17.8 Å². The first-order valence-electron chi connectivity index (χ1n) is 8.29. The zero-order chi connectivity index (χ0) is 18.8. The summed E-state index contributed by atoms with van der Waals surface area (Å²) in [6.07, 6.45) is 4.64. The first kappa shape index (κ1) is 17.1. The number of Topliss-reactive ketones (excluding diaryl/α,β-unsaturated/α-hetero) is 1. The number of aliphatic hydroxyl groups excluding tert-OH is 1. The number of hydrogen-bond donors (Lipinski definition) is 1. The van der Waals surface area contributed by atoms with Crippen molar-refractivity contribution in [1.82, 2.24) is 14.9 Å². The number of pyridine rings is 2. The number of hydrogen-bond acceptors (Lipinski definition) is 6. The molecule has 0 spiro atoms. The van der Waals surface area contributed by atoms with Crippen LogP contribution in [-0.4, -0.2) is 31.7 Å². The standard InChI is InChI=1S/C20H15N3O3S/c24-18(13-6-9-21-10-7-13)16-17(15-5-1-2-8-22-15)23(20(26)19(16)25)12-14-4-3-11-27-14/h1-11,17,24H,12H2/b18-16-. The van der Waals surface area contributed by atoms with Gasteiger partial charge in [-0.05, 0) is 35.7 Å². The lowest BCUT2D eigenvalue weighted by Gasteiger charge is -2.23. The lowest BCUT2D eigenvalue weighted by molar-refractivity contribution is -0.140. The molecule has 0 bridgehead atoms. The maximum absolute atomic E-state index is 12.8. The molecule has 1 aliphatic rings. The molecule has 1 N–H and O–H groups in total. The molecule has 27 heavy (non-hydrogen) atoms. The average Bonchev–Trinajstić information content (AvgIpc) is 3.31. The van der Waals surface area contributed by atoms with Gasteiger partial charge in [0, 0.05) is 29.0 Å². The molecule has 7 heteroatoms. The summed E-state index contributed by atoms with van der Waals surface area (Å²) in [6, 6.07) is 11.5. The molecule has 4 rings (SSSR count). The molecular weight excluding hydrogens is 362 g/mol. The zero-order valence-corrected chi connectivity index (χ0v) is 15.0. The summed E-state index contributed by atoms with van der Waals surface area (Å²) in [7, 11) is 0. The van der Waals surface area contributed by atoms with E-state index in [9.17, 15) is 14.7 Å². The van der Waals surface area contributed by atoms with Gasteiger partial charge in [-0.15, -0.1) is 11.3 Å². The van der Waals surface area contributed by atoms with Crippen molar-refractivity contribution in [2.75, 3.05) is 0 Å². The van der Waals surface area contributed by atoms with Crippen LogP contribution in [-0.2, 0) is 16.1 Å². The fraction of sp³-hybridized carbons (Fsp3) is 0.100. The number of aliphatic hydroxyl groups is 1. The number of thiophene rings is 1. The predicted octanol–water partition coefficient (Wildman–Crippen LogP) is 3.16. The van der Waals surface area contributed by atoms with Crippen LogP contribution in [0.1, 0.15) is 22.2 Å². The first-order valence-corrected chi connectivity index (χ1v) is 9.17. The van der Waals surface area contributed by atoms with Crippen LogP contribution in [0.2, 0.25) is 0 Å². The van der Waals surface area contributed by atoms with E-state index in [1.807, 2.05) is 17.5 Å². The van der Waals surface area contributed by atoms with Gasteiger partial charge in [0.15, 0.2) is 0 Å². The van der Waals surface area contributed by atoms with Crippen molar-refractivity contribution in [3.63, 3.8) is 0 Å². The molecular formula is C20H15N3O3S. The quantitative estimate of drug-likeness (QED) is 0.429. The van der Waals surface area contributed by atoms with Crippen molar-refractivity contribution in [3.05, 3.63) is 88.1 Å². The molecule has 1 aliphatic heterocycles. The van der Waals surface area contributed by atoms with Crippen LogP contribution in [0.5, 0.6) is 0 Å². The molecule has 6 nitrogen and oxygen atoms in total. The van der Waals surface area contributed by atoms with Crippen LogP contribution in [0.15, 0.2) is 72.0 Å². The average molecular weight is 377 g/mol. The molecule has 0 radical (unpaired) electrons. The van der Waals surface area contributed by atoms with Crippen LogP contribution < -0.4 is 0 Å². The molecule has 1 atom stereocenters. The summed E-state index contributed by atoms with van der Waals surface area (Å²) in [5.41, 5.74) is 1.00. The highest BCUT2D eigenvalue weighted by Gasteiger charge is 2.46. The second kappa shape index (κ2) is 7.13. The summed E-state index contributed by atoms with van der Waals surface area (Å²) < 4.78 is 0. The Hall–Kier alpha value is -3.32. The number of rotatable bonds is 4. The Balaban J connectivity index is 1.86. The summed E-state index contributed by atoms with van der Waals surface area (Å²) in [4.78, 5) is 36.2. The highest BCUT2D eigenvalue weighted by atomic mass is 32.1. The molecule has 1 fully saturated rings. The molecule has 1 saturated heterocycles. The third-order valence-corrected chi connectivity index (χ3v) is 5.23. The molecule has 0 aromatic carbocycles. The van der Waals surface area contributed by atoms with E-state index in [1.54, 1.807) is 36.5 Å². The number of carbonyl (C=O) groups excluding carboxylic acids is 2. The Morgan fingerprint density at radius 3 is 2.56 bits per heavy atom. The number of likely N-dealkylation sites (tertiary alicyclic amines) is 1. The van der Waals surface area contributed by atoms with Gasteiger partial charge in [0.25, 0.3) is 11.7 Å². The molecule has 0 saturated carbocycles. The molecule has 3 aromatic rings. The van der Waals surface area contributed by atoms with Crippen molar-refractivity contribution in [2.24, 2.45) is 0 Å². The minimum atomic E-state index is -0.749. The SMILES string of the molecule is O=C1C(=O)N(Cc2cccs2)C(c2ccccn2)/C1=C(/O)c1ccncc1. The van der Waals surface area contributed by atoms with Crippen molar-refractivity contribution in [1.29, 1.82) is 0 Å². The van der Waals surface area contributed by atoms with E-state index < -0.39 is 17.7 Å². The molecule has 0 aliphatic carbocycles. The summed E-state index contributed by atoms with van der Waals surface area (Å²) in [5, 5.41) is 12.7. The molecule has 134 valence electrons. The van der Waals surface area contributed by atoms with Gasteiger partial charge in [-0.2, -0.15) is 0 Å². The normalized spacial score (nSPS) is 18.8. The number of amides is 1. The number of carbonyl (C=O) groups is 2. The molecule has 1 unspecified atom stereocenters. The lowest BCUT2D eigenvalue weighted by atomic mass is 9.99. The van der Waals surface area contributed by atoms with Crippen molar-refractivity contribution in [2.45, 2.75) is 12.6 Å².